The van der Waals surface area contributed by atoms with E-state index in [9.17, 15) is 0 Å². The lowest BCUT2D eigenvalue weighted by Gasteiger charge is -2.27. The molecule has 0 aliphatic carbocycles. The average Bonchev–Trinajstić information content (AvgIpc) is 2.31. The molecule has 1 aromatic carbocycles. The summed E-state index contributed by atoms with van der Waals surface area (Å²) in [7, 11) is 1.69. The highest BCUT2D eigenvalue weighted by Crippen LogP contribution is 2.22. The summed E-state index contributed by atoms with van der Waals surface area (Å²) in [5.41, 5.74) is 7.71. The lowest BCUT2D eigenvalue weighted by Crippen LogP contribution is -2.35. The largest absolute Gasteiger partial charge is 0.496 e. The van der Waals surface area contributed by atoms with Crippen molar-refractivity contribution in [1.29, 1.82) is 0 Å². The van der Waals surface area contributed by atoms with Crippen LogP contribution in [0.1, 0.15) is 5.56 Å². The number of ether oxygens (including phenoxy) is 2. The van der Waals surface area contributed by atoms with Gasteiger partial charge in [-0.15, -0.1) is 12.4 Å². The number of benzene rings is 1. The second-order valence-electron chi connectivity index (χ2n) is 3.96. The predicted molar refractivity (Wildman–Crippen MR) is 70.8 cm³/mol. The number of rotatable bonds is 3. The zero-order chi connectivity index (χ0) is 11.4. The number of nitrogens with zero attached hydrogens (tertiary/aromatic N) is 1. The fourth-order valence-corrected chi connectivity index (χ4v) is 1.92. The number of nitrogens with two attached hydrogens (primary N) is 1. The van der Waals surface area contributed by atoms with Gasteiger partial charge in [0, 0.05) is 30.9 Å². The number of hydrogen-bond acceptors (Lipinski definition) is 4. The third-order valence-corrected chi connectivity index (χ3v) is 2.80. The molecule has 2 N–H and O–H groups in total. The molecule has 0 bridgehead atoms. The molecule has 4 nitrogen and oxygen atoms in total. The van der Waals surface area contributed by atoms with Crippen LogP contribution in [-0.4, -0.2) is 38.3 Å². The zero-order valence-corrected chi connectivity index (χ0v) is 10.8. The first kappa shape index (κ1) is 14.1. The molecule has 0 amide bonds. The van der Waals surface area contributed by atoms with Crippen molar-refractivity contribution in [1.82, 2.24) is 4.90 Å². The molecule has 0 spiro atoms. The van der Waals surface area contributed by atoms with Crippen molar-refractivity contribution in [2.24, 2.45) is 0 Å². The Balaban J connectivity index is 0.00000144. The van der Waals surface area contributed by atoms with Crippen molar-refractivity contribution < 1.29 is 9.47 Å². The van der Waals surface area contributed by atoms with Gasteiger partial charge in [-0.2, -0.15) is 0 Å². The molecule has 0 aromatic heterocycles. The number of anilines is 1. The third kappa shape index (κ3) is 3.77. The predicted octanol–water partition coefficient (Wildman–Crippen LogP) is 1.53. The maximum Gasteiger partial charge on any atom is 0.123 e. The van der Waals surface area contributed by atoms with E-state index >= 15 is 0 Å². The molecule has 1 aromatic rings. The van der Waals surface area contributed by atoms with Gasteiger partial charge in [0.2, 0.25) is 0 Å². The van der Waals surface area contributed by atoms with Gasteiger partial charge in [0.05, 0.1) is 20.3 Å². The number of nitrogen functional groups attached to an aromatic ring is 1. The average molecular weight is 259 g/mol. The molecule has 2 rings (SSSR count). The molecule has 96 valence electrons. The summed E-state index contributed by atoms with van der Waals surface area (Å²) in [6, 6.07) is 5.76. The smallest absolute Gasteiger partial charge is 0.123 e. The van der Waals surface area contributed by atoms with Gasteiger partial charge in [-0.1, -0.05) is 0 Å². The molecular weight excluding hydrogens is 240 g/mol. The Hall–Kier alpha value is -0.970. The topological polar surface area (TPSA) is 47.7 Å². The maximum atomic E-state index is 5.79. The van der Waals surface area contributed by atoms with Crippen LogP contribution in [0, 0.1) is 0 Å². The van der Waals surface area contributed by atoms with Crippen molar-refractivity contribution in [3.63, 3.8) is 0 Å². The molecule has 1 saturated heterocycles. The minimum absolute atomic E-state index is 0. The summed E-state index contributed by atoms with van der Waals surface area (Å²) in [6.07, 6.45) is 0. The summed E-state index contributed by atoms with van der Waals surface area (Å²) in [6.45, 7) is 4.43. The van der Waals surface area contributed by atoms with Gasteiger partial charge < -0.3 is 15.2 Å². The molecule has 1 fully saturated rings. The van der Waals surface area contributed by atoms with Gasteiger partial charge >= 0.3 is 0 Å². The van der Waals surface area contributed by atoms with E-state index in [-0.39, 0.29) is 12.4 Å². The highest BCUT2D eigenvalue weighted by Gasteiger charge is 2.13. The second-order valence-corrected chi connectivity index (χ2v) is 3.96. The quantitative estimate of drug-likeness (QED) is 0.836. The summed E-state index contributed by atoms with van der Waals surface area (Å²) in [4.78, 5) is 2.35. The first-order valence-corrected chi connectivity index (χ1v) is 5.52. The van der Waals surface area contributed by atoms with E-state index in [1.54, 1.807) is 7.11 Å². The van der Waals surface area contributed by atoms with Crippen LogP contribution in [0.5, 0.6) is 5.75 Å². The van der Waals surface area contributed by atoms with Gasteiger partial charge in [-0.3, -0.25) is 4.90 Å². The van der Waals surface area contributed by atoms with Crippen LogP contribution in [-0.2, 0) is 11.3 Å². The van der Waals surface area contributed by atoms with E-state index < -0.39 is 0 Å². The Morgan fingerprint density at radius 1 is 1.35 bits per heavy atom. The SMILES string of the molecule is COc1ccc(N)cc1CN1CCOCC1.Cl. The fraction of sp³-hybridized carbons (Fsp3) is 0.500. The minimum atomic E-state index is 0. The first-order chi connectivity index (χ1) is 7.79. The highest BCUT2D eigenvalue weighted by molar-refractivity contribution is 5.85. The van der Waals surface area contributed by atoms with Crippen LogP contribution in [0.15, 0.2) is 18.2 Å². The second kappa shape index (κ2) is 6.69. The molecule has 0 atom stereocenters. The van der Waals surface area contributed by atoms with Gasteiger partial charge in [0.15, 0.2) is 0 Å². The summed E-state index contributed by atoms with van der Waals surface area (Å²) < 4.78 is 10.6. The van der Waals surface area contributed by atoms with Crippen LogP contribution in [0.25, 0.3) is 0 Å². The minimum Gasteiger partial charge on any atom is -0.496 e. The van der Waals surface area contributed by atoms with E-state index in [1.807, 2.05) is 18.2 Å². The Labute approximate surface area is 108 Å². The Morgan fingerprint density at radius 3 is 2.71 bits per heavy atom. The molecule has 1 aliphatic rings. The van der Waals surface area contributed by atoms with Crippen molar-refractivity contribution in [3.8, 4) is 5.75 Å². The zero-order valence-electron chi connectivity index (χ0n) is 10.0. The van der Waals surface area contributed by atoms with Gasteiger partial charge in [0.1, 0.15) is 5.75 Å². The molecule has 17 heavy (non-hydrogen) atoms. The van der Waals surface area contributed by atoms with E-state index in [4.69, 9.17) is 15.2 Å². The standard InChI is InChI=1S/C12H18N2O2.ClH/c1-15-12-3-2-11(13)8-10(12)9-14-4-6-16-7-5-14;/h2-3,8H,4-7,9,13H2,1H3;1H. The fourth-order valence-electron chi connectivity index (χ4n) is 1.92. The van der Waals surface area contributed by atoms with Crippen molar-refractivity contribution in [2.45, 2.75) is 6.54 Å². The monoisotopic (exact) mass is 258 g/mol. The number of morpholine rings is 1. The van der Waals surface area contributed by atoms with Crippen molar-refractivity contribution in [2.75, 3.05) is 39.1 Å². The van der Waals surface area contributed by atoms with E-state index in [2.05, 4.69) is 4.90 Å². The summed E-state index contributed by atoms with van der Waals surface area (Å²) >= 11 is 0. The van der Waals surface area contributed by atoms with Gasteiger partial charge in [0.25, 0.3) is 0 Å². The van der Waals surface area contributed by atoms with Crippen LogP contribution in [0.4, 0.5) is 5.69 Å². The van der Waals surface area contributed by atoms with Crippen molar-refractivity contribution >= 4 is 18.1 Å². The lowest BCUT2D eigenvalue weighted by molar-refractivity contribution is 0.0339. The van der Waals surface area contributed by atoms with Crippen LogP contribution in [0.2, 0.25) is 0 Å². The first-order valence-electron chi connectivity index (χ1n) is 5.52. The molecule has 1 aliphatic heterocycles. The van der Waals surface area contributed by atoms with E-state index in [0.29, 0.717) is 0 Å². The summed E-state index contributed by atoms with van der Waals surface area (Å²) in [5.74, 6) is 0.903. The van der Waals surface area contributed by atoms with E-state index in [1.165, 1.54) is 0 Å². The molecule has 0 radical (unpaired) electrons. The van der Waals surface area contributed by atoms with Crippen LogP contribution >= 0.6 is 12.4 Å². The number of hydrogen-bond donors (Lipinski definition) is 1. The molecule has 0 unspecified atom stereocenters. The molecule has 0 saturated carbocycles. The van der Waals surface area contributed by atoms with Gasteiger partial charge in [-0.25, -0.2) is 0 Å². The maximum absolute atomic E-state index is 5.79. The Bertz CT molecular complexity index is 354. The molecular formula is C12H19ClN2O2. The van der Waals surface area contributed by atoms with E-state index in [0.717, 1.165) is 49.8 Å². The third-order valence-electron chi connectivity index (χ3n) is 2.80. The summed E-state index contributed by atoms with van der Waals surface area (Å²) in [5, 5.41) is 0. The van der Waals surface area contributed by atoms with Gasteiger partial charge in [-0.05, 0) is 18.2 Å². The number of methoxy groups -OCH3 is 1. The normalized spacial score (nSPS) is 16.3. The van der Waals surface area contributed by atoms with Crippen LogP contribution < -0.4 is 10.5 Å². The number of halogens is 1. The Morgan fingerprint density at radius 2 is 2.06 bits per heavy atom. The highest BCUT2D eigenvalue weighted by atomic mass is 35.5. The van der Waals surface area contributed by atoms with Crippen LogP contribution in [0.3, 0.4) is 0 Å². The molecule has 1 heterocycles. The Kier molecular flexibility index (Phi) is 5.55. The van der Waals surface area contributed by atoms with Crippen molar-refractivity contribution in [3.05, 3.63) is 23.8 Å². The lowest BCUT2D eigenvalue weighted by atomic mass is 10.1. The molecule has 5 heteroatoms.